The maximum absolute atomic E-state index is 14.0. The summed E-state index contributed by atoms with van der Waals surface area (Å²) >= 11 is 1.58. The van der Waals surface area contributed by atoms with E-state index in [0.717, 1.165) is 32.8 Å². The van der Waals surface area contributed by atoms with Gasteiger partial charge in [-0.2, -0.15) is 0 Å². The quantitative estimate of drug-likeness (QED) is 0.357. The number of aliphatic hydroxyl groups excluding tert-OH is 1. The highest BCUT2D eigenvalue weighted by molar-refractivity contribution is 7.13. The van der Waals surface area contributed by atoms with E-state index in [2.05, 4.69) is 10.3 Å². The average molecular weight is 605 g/mol. The Morgan fingerprint density at radius 3 is 2.58 bits per heavy atom. The number of aliphatic hydroxyl groups is 1. The molecule has 3 atom stereocenters. The number of amides is 3. The minimum Gasteiger partial charge on any atom is -0.391 e. The maximum Gasteiger partial charge on any atom is 0.255 e. The molecule has 43 heavy (non-hydrogen) atoms. The van der Waals surface area contributed by atoms with Crippen molar-refractivity contribution in [3.63, 3.8) is 0 Å². The Morgan fingerprint density at radius 2 is 1.91 bits per heavy atom. The summed E-state index contributed by atoms with van der Waals surface area (Å²) in [6.45, 7) is 10.9. The van der Waals surface area contributed by atoms with Crippen LogP contribution in [0.2, 0.25) is 0 Å². The van der Waals surface area contributed by atoms with Gasteiger partial charge in [-0.3, -0.25) is 14.4 Å². The molecular weight excluding hydrogens is 564 g/mol. The predicted octanol–water partition coefficient (Wildman–Crippen LogP) is 4.30. The van der Waals surface area contributed by atoms with Crippen LogP contribution in [0.25, 0.3) is 10.4 Å². The molecule has 3 aromatic rings. The van der Waals surface area contributed by atoms with Gasteiger partial charge in [-0.25, -0.2) is 4.98 Å². The smallest absolute Gasteiger partial charge is 0.255 e. The van der Waals surface area contributed by atoms with Crippen molar-refractivity contribution in [2.75, 3.05) is 6.54 Å². The number of nitrogens with one attached hydrogen (secondary N) is 1. The number of likely N-dealkylation sites (tertiary alicyclic amines) is 1. The second kappa shape index (κ2) is 13.0. The molecule has 0 saturated carbocycles. The van der Waals surface area contributed by atoms with Crippen molar-refractivity contribution in [1.82, 2.24) is 20.1 Å². The summed E-state index contributed by atoms with van der Waals surface area (Å²) in [7, 11) is 0. The zero-order valence-electron chi connectivity index (χ0n) is 25.4. The van der Waals surface area contributed by atoms with Gasteiger partial charge in [0.1, 0.15) is 12.1 Å². The van der Waals surface area contributed by atoms with Crippen LogP contribution in [0.3, 0.4) is 0 Å². The first-order valence-corrected chi connectivity index (χ1v) is 15.7. The van der Waals surface area contributed by atoms with Crippen molar-refractivity contribution in [3.8, 4) is 10.4 Å². The third-order valence-corrected chi connectivity index (χ3v) is 9.09. The van der Waals surface area contributed by atoms with E-state index >= 15 is 0 Å². The molecule has 0 bridgehead atoms. The van der Waals surface area contributed by atoms with Crippen LogP contribution in [-0.2, 0) is 34.0 Å². The molecule has 2 aromatic carbocycles. The second-order valence-electron chi connectivity index (χ2n) is 12.0. The fourth-order valence-electron chi connectivity index (χ4n) is 5.98. The lowest BCUT2D eigenvalue weighted by Crippen LogP contribution is -2.55. The van der Waals surface area contributed by atoms with Gasteiger partial charge in [0, 0.05) is 31.6 Å². The molecule has 0 unspecified atom stereocenters. The van der Waals surface area contributed by atoms with Gasteiger partial charge in [0.2, 0.25) is 11.8 Å². The van der Waals surface area contributed by atoms with Crippen LogP contribution < -0.4 is 5.32 Å². The molecular formula is C33H40N4O5S. The van der Waals surface area contributed by atoms with E-state index < -0.39 is 18.2 Å². The Balaban J connectivity index is 1.31. The van der Waals surface area contributed by atoms with Gasteiger partial charge in [-0.15, -0.1) is 11.3 Å². The third-order valence-electron chi connectivity index (χ3n) is 8.13. The van der Waals surface area contributed by atoms with Gasteiger partial charge in [0.25, 0.3) is 5.91 Å². The van der Waals surface area contributed by atoms with Crippen molar-refractivity contribution in [3.05, 3.63) is 75.9 Å². The number of rotatable bonds is 10. The molecule has 3 amide bonds. The first-order chi connectivity index (χ1) is 20.5. The van der Waals surface area contributed by atoms with Gasteiger partial charge in [0.05, 0.1) is 34.9 Å². The number of hydrogen-bond donors (Lipinski definition) is 2. The average Bonchev–Trinajstić information content (AvgIpc) is 3.67. The number of carbonyl (C=O) groups excluding carboxylic acids is 3. The number of β-amino-alcohol motifs (C(OH)–C–C–N with tert-alkyl or cyclic N) is 1. The Morgan fingerprint density at radius 1 is 1.14 bits per heavy atom. The minimum absolute atomic E-state index is 0.0503. The van der Waals surface area contributed by atoms with Crippen molar-refractivity contribution >= 4 is 29.1 Å². The Hall–Kier alpha value is -3.60. The molecule has 1 fully saturated rings. The number of ether oxygens (including phenoxy) is 1. The van der Waals surface area contributed by atoms with Crippen LogP contribution in [0.1, 0.15) is 66.9 Å². The van der Waals surface area contributed by atoms with Gasteiger partial charge in [-0.1, -0.05) is 50.2 Å². The van der Waals surface area contributed by atoms with E-state index in [1.807, 2.05) is 76.5 Å². The normalized spacial score (nSPS) is 18.9. The molecule has 0 radical (unpaired) electrons. The van der Waals surface area contributed by atoms with Crippen molar-refractivity contribution in [2.45, 2.75) is 85.0 Å². The number of fused-ring (bicyclic) bond motifs is 1. The maximum atomic E-state index is 14.0. The van der Waals surface area contributed by atoms with Gasteiger partial charge >= 0.3 is 0 Å². The lowest BCUT2D eigenvalue weighted by atomic mass is 10.00. The van der Waals surface area contributed by atoms with Crippen LogP contribution in [0, 0.1) is 12.8 Å². The predicted molar refractivity (Wildman–Crippen MR) is 165 cm³/mol. The van der Waals surface area contributed by atoms with E-state index in [9.17, 15) is 19.5 Å². The minimum atomic E-state index is -0.827. The van der Waals surface area contributed by atoms with Gasteiger partial charge < -0.3 is 25.0 Å². The summed E-state index contributed by atoms with van der Waals surface area (Å²) in [6, 6.07) is 11.9. The van der Waals surface area contributed by atoms with Crippen LogP contribution >= 0.6 is 11.3 Å². The van der Waals surface area contributed by atoms with E-state index in [1.165, 1.54) is 4.90 Å². The molecule has 0 spiro atoms. The molecule has 1 aromatic heterocycles. The summed E-state index contributed by atoms with van der Waals surface area (Å²) in [5.41, 5.74) is 7.25. The van der Waals surface area contributed by atoms with Gasteiger partial charge in [0.15, 0.2) is 0 Å². The largest absolute Gasteiger partial charge is 0.391 e. The Bertz CT molecular complexity index is 1500. The Kier molecular flexibility index (Phi) is 9.29. The molecule has 3 heterocycles. The van der Waals surface area contributed by atoms with Crippen LogP contribution in [0.4, 0.5) is 0 Å². The topological polar surface area (TPSA) is 112 Å². The summed E-state index contributed by atoms with van der Waals surface area (Å²) in [5, 5.41) is 13.5. The zero-order valence-corrected chi connectivity index (χ0v) is 26.2. The Labute approximate surface area is 256 Å². The fourth-order valence-corrected chi connectivity index (χ4v) is 6.84. The monoisotopic (exact) mass is 604 g/mol. The lowest BCUT2D eigenvalue weighted by molar-refractivity contribution is -0.143. The molecule has 1 saturated heterocycles. The van der Waals surface area contributed by atoms with Crippen LogP contribution in [0.15, 0.2) is 48.0 Å². The van der Waals surface area contributed by atoms with Crippen molar-refractivity contribution in [1.29, 1.82) is 0 Å². The summed E-state index contributed by atoms with van der Waals surface area (Å²) < 4.78 is 5.93. The number of nitrogens with zero attached hydrogens (tertiary/aromatic N) is 3. The standard InChI is InChI=1S/C33H40N4O5S/c1-19(2)29(37-15-23-8-6-7-9-27(23)32(37)40)33(41)36-16-25(38)13-28(36)31(39)34-14-22-10-11-26(30-21(5)35-18-43-30)24(12-22)17-42-20(3)4/h6-12,18-20,25,28-29,38H,13-17H2,1-5H3,(H,34,39)/t25-,28+,29+/m1/s1. The van der Waals surface area contributed by atoms with E-state index in [0.29, 0.717) is 18.7 Å². The molecule has 0 aliphatic carbocycles. The first-order valence-electron chi connectivity index (χ1n) is 14.8. The zero-order chi connectivity index (χ0) is 30.8. The molecule has 5 rings (SSSR count). The summed E-state index contributed by atoms with van der Waals surface area (Å²) in [5.74, 6) is -1.01. The number of hydrogen-bond acceptors (Lipinski definition) is 7. The highest BCUT2D eigenvalue weighted by Gasteiger charge is 2.45. The number of aryl methyl sites for hydroxylation is 1. The van der Waals surface area contributed by atoms with E-state index in [-0.39, 0.29) is 49.3 Å². The highest BCUT2D eigenvalue weighted by atomic mass is 32.1. The van der Waals surface area contributed by atoms with Crippen LogP contribution in [0.5, 0.6) is 0 Å². The number of carbonyl (C=O) groups is 3. The molecule has 2 aliphatic heterocycles. The molecule has 9 nitrogen and oxygen atoms in total. The van der Waals surface area contributed by atoms with E-state index in [4.69, 9.17) is 4.74 Å². The summed E-state index contributed by atoms with van der Waals surface area (Å²) in [6.07, 6.45) is -0.607. The lowest BCUT2D eigenvalue weighted by Gasteiger charge is -2.35. The SMILES string of the molecule is Cc1ncsc1-c1ccc(CNC(=O)[C@@H]2C[C@@H](O)CN2C(=O)[C@H](C(C)C)N2Cc3ccccc3C2=O)cc1COC(C)C. The number of aromatic nitrogens is 1. The number of thiazole rings is 1. The molecule has 2 aliphatic rings. The van der Waals surface area contributed by atoms with Gasteiger partial charge in [-0.05, 0) is 55.0 Å². The fraction of sp³-hybridized carbons (Fsp3) is 0.455. The second-order valence-corrected chi connectivity index (χ2v) is 12.9. The molecule has 2 N–H and O–H groups in total. The van der Waals surface area contributed by atoms with Crippen molar-refractivity contribution in [2.24, 2.45) is 5.92 Å². The first kappa shape index (κ1) is 30.8. The van der Waals surface area contributed by atoms with E-state index in [1.54, 1.807) is 22.3 Å². The van der Waals surface area contributed by atoms with Crippen molar-refractivity contribution < 1.29 is 24.2 Å². The third kappa shape index (κ3) is 6.51. The number of benzene rings is 2. The molecule has 228 valence electrons. The summed E-state index contributed by atoms with van der Waals surface area (Å²) in [4.78, 5) is 49.3. The highest BCUT2D eigenvalue weighted by Crippen LogP contribution is 2.32. The molecule has 10 heteroatoms. The van der Waals surface area contributed by atoms with Crippen LogP contribution in [-0.4, -0.2) is 68.4 Å².